The van der Waals surface area contributed by atoms with Crippen molar-refractivity contribution < 1.29 is 4.79 Å². The molecule has 0 heterocycles. The van der Waals surface area contributed by atoms with Crippen LogP contribution in [0.3, 0.4) is 0 Å². The minimum absolute atomic E-state index is 0.120. The lowest BCUT2D eigenvalue weighted by atomic mass is 9.96. The standard InChI is InChI=1S/C13H19NO/c1-9-6-7-12(10(2)8-9)13(11(3)15)14(4)5/h6-8,13H,1-5H3. The normalized spacial score (nSPS) is 12.9. The SMILES string of the molecule is CC(=O)C(c1ccc(C)cc1C)N(C)C. The van der Waals surface area contributed by atoms with Gasteiger partial charge in [0.25, 0.3) is 0 Å². The molecule has 1 rings (SSSR count). The van der Waals surface area contributed by atoms with Crippen LogP contribution in [0, 0.1) is 13.8 Å². The zero-order valence-electron chi connectivity index (χ0n) is 10.2. The Labute approximate surface area is 91.9 Å². The molecule has 0 aliphatic heterocycles. The highest BCUT2D eigenvalue weighted by molar-refractivity contribution is 5.83. The number of carbonyl (C=O) groups is 1. The molecule has 1 aromatic rings. The molecule has 0 aliphatic carbocycles. The molecule has 82 valence electrons. The third-order valence-corrected chi connectivity index (χ3v) is 2.62. The number of hydrogen-bond donors (Lipinski definition) is 0. The van der Waals surface area contributed by atoms with Crippen LogP contribution >= 0.6 is 0 Å². The Morgan fingerprint density at radius 2 is 1.87 bits per heavy atom. The molecule has 1 aromatic carbocycles. The van der Waals surface area contributed by atoms with Crippen molar-refractivity contribution in [2.24, 2.45) is 0 Å². The smallest absolute Gasteiger partial charge is 0.151 e. The highest BCUT2D eigenvalue weighted by Crippen LogP contribution is 2.23. The topological polar surface area (TPSA) is 20.3 Å². The number of benzene rings is 1. The third kappa shape index (κ3) is 2.66. The van der Waals surface area contributed by atoms with E-state index < -0.39 is 0 Å². The van der Waals surface area contributed by atoms with E-state index in [1.54, 1.807) is 6.92 Å². The van der Waals surface area contributed by atoms with Crippen LogP contribution in [-0.2, 0) is 4.79 Å². The summed E-state index contributed by atoms with van der Waals surface area (Å²) in [6.45, 7) is 5.76. The summed E-state index contributed by atoms with van der Waals surface area (Å²) >= 11 is 0. The van der Waals surface area contributed by atoms with Gasteiger partial charge in [-0.2, -0.15) is 0 Å². The van der Waals surface area contributed by atoms with Crippen LogP contribution in [0.4, 0.5) is 0 Å². The summed E-state index contributed by atoms with van der Waals surface area (Å²) in [5.74, 6) is 0.187. The van der Waals surface area contributed by atoms with Crippen molar-refractivity contribution in [3.05, 3.63) is 34.9 Å². The van der Waals surface area contributed by atoms with Crippen LogP contribution < -0.4 is 0 Å². The van der Waals surface area contributed by atoms with Crippen molar-refractivity contribution in [3.63, 3.8) is 0 Å². The summed E-state index contributed by atoms with van der Waals surface area (Å²) in [6.07, 6.45) is 0. The second-order valence-electron chi connectivity index (χ2n) is 4.34. The molecule has 0 aliphatic rings. The number of rotatable bonds is 3. The number of nitrogens with zero attached hydrogens (tertiary/aromatic N) is 1. The number of Topliss-reactive ketones (excluding diaryl/α,β-unsaturated/α-hetero) is 1. The summed E-state index contributed by atoms with van der Waals surface area (Å²) < 4.78 is 0. The van der Waals surface area contributed by atoms with Crippen molar-refractivity contribution >= 4 is 5.78 Å². The van der Waals surface area contributed by atoms with Crippen LogP contribution in [0.1, 0.15) is 29.7 Å². The predicted octanol–water partition coefficient (Wildman–Crippen LogP) is 2.50. The lowest BCUT2D eigenvalue weighted by molar-refractivity contribution is -0.121. The second kappa shape index (κ2) is 4.58. The summed E-state index contributed by atoms with van der Waals surface area (Å²) in [7, 11) is 3.87. The van der Waals surface area contributed by atoms with E-state index in [-0.39, 0.29) is 11.8 Å². The van der Waals surface area contributed by atoms with Gasteiger partial charge in [-0.05, 0) is 46.0 Å². The van der Waals surface area contributed by atoms with Crippen LogP contribution in [-0.4, -0.2) is 24.8 Å². The molecule has 15 heavy (non-hydrogen) atoms. The lowest BCUT2D eigenvalue weighted by Gasteiger charge is -2.23. The molecule has 0 radical (unpaired) electrons. The maximum Gasteiger partial charge on any atom is 0.151 e. The van der Waals surface area contributed by atoms with Crippen molar-refractivity contribution in [3.8, 4) is 0 Å². The van der Waals surface area contributed by atoms with Crippen LogP contribution in [0.25, 0.3) is 0 Å². The van der Waals surface area contributed by atoms with Crippen molar-refractivity contribution in [2.75, 3.05) is 14.1 Å². The first kappa shape index (κ1) is 11.9. The first-order valence-electron chi connectivity index (χ1n) is 5.17. The maximum absolute atomic E-state index is 11.6. The van der Waals surface area contributed by atoms with Gasteiger partial charge in [-0.3, -0.25) is 9.69 Å². The highest BCUT2D eigenvalue weighted by atomic mass is 16.1. The monoisotopic (exact) mass is 205 g/mol. The molecule has 0 amide bonds. The van der Waals surface area contributed by atoms with Crippen molar-refractivity contribution in [1.82, 2.24) is 4.90 Å². The number of likely N-dealkylation sites (N-methyl/N-ethyl adjacent to an activating group) is 1. The summed E-state index contributed by atoms with van der Waals surface area (Å²) in [4.78, 5) is 13.5. The summed E-state index contributed by atoms with van der Waals surface area (Å²) in [6, 6.07) is 6.11. The number of hydrogen-bond acceptors (Lipinski definition) is 2. The van der Waals surface area contributed by atoms with E-state index in [1.165, 1.54) is 11.1 Å². The molecule has 0 bridgehead atoms. The van der Waals surface area contributed by atoms with E-state index >= 15 is 0 Å². The molecular formula is C13H19NO. The molecule has 0 saturated heterocycles. The van der Waals surface area contributed by atoms with Gasteiger partial charge in [0.05, 0.1) is 6.04 Å². The molecule has 0 fully saturated rings. The first-order chi connectivity index (χ1) is 6.93. The Hall–Kier alpha value is -1.15. The van der Waals surface area contributed by atoms with E-state index in [0.717, 1.165) is 5.56 Å². The molecule has 1 unspecified atom stereocenters. The molecule has 2 heteroatoms. The lowest BCUT2D eigenvalue weighted by Crippen LogP contribution is -2.26. The van der Waals surface area contributed by atoms with Gasteiger partial charge in [0.15, 0.2) is 5.78 Å². The molecular weight excluding hydrogens is 186 g/mol. The Bertz CT molecular complexity index is 369. The minimum Gasteiger partial charge on any atom is -0.298 e. The fraction of sp³-hybridized carbons (Fsp3) is 0.462. The van der Waals surface area contributed by atoms with E-state index in [0.29, 0.717) is 0 Å². The fourth-order valence-electron chi connectivity index (χ4n) is 1.99. The average Bonchev–Trinajstić information content (AvgIpc) is 2.08. The molecule has 0 saturated carbocycles. The Kier molecular flexibility index (Phi) is 3.64. The van der Waals surface area contributed by atoms with Gasteiger partial charge < -0.3 is 0 Å². The van der Waals surface area contributed by atoms with Gasteiger partial charge in [-0.1, -0.05) is 23.8 Å². The Balaban J connectivity index is 3.17. The number of ketones is 1. The Morgan fingerprint density at radius 1 is 1.27 bits per heavy atom. The zero-order chi connectivity index (χ0) is 11.6. The van der Waals surface area contributed by atoms with Crippen molar-refractivity contribution in [2.45, 2.75) is 26.8 Å². The van der Waals surface area contributed by atoms with Gasteiger partial charge in [0.2, 0.25) is 0 Å². The second-order valence-corrected chi connectivity index (χ2v) is 4.34. The molecule has 0 N–H and O–H groups in total. The largest absolute Gasteiger partial charge is 0.298 e. The minimum atomic E-state index is -0.120. The van der Waals surface area contributed by atoms with E-state index in [4.69, 9.17) is 0 Å². The van der Waals surface area contributed by atoms with Gasteiger partial charge in [0.1, 0.15) is 0 Å². The van der Waals surface area contributed by atoms with Crippen LogP contribution in [0.5, 0.6) is 0 Å². The molecule has 0 spiro atoms. The number of aryl methyl sites for hydroxylation is 2. The predicted molar refractivity (Wildman–Crippen MR) is 63.0 cm³/mol. The molecule has 0 aromatic heterocycles. The average molecular weight is 205 g/mol. The van der Waals surface area contributed by atoms with Gasteiger partial charge in [-0.25, -0.2) is 0 Å². The zero-order valence-corrected chi connectivity index (χ0v) is 10.2. The summed E-state index contributed by atoms with van der Waals surface area (Å²) in [5.41, 5.74) is 3.53. The molecule has 1 atom stereocenters. The Morgan fingerprint density at radius 3 is 2.27 bits per heavy atom. The first-order valence-corrected chi connectivity index (χ1v) is 5.17. The third-order valence-electron chi connectivity index (χ3n) is 2.62. The number of carbonyl (C=O) groups excluding carboxylic acids is 1. The van der Waals surface area contributed by atoms with E-state index in [2.05, 4.69) is 32.0 Å². The highest BCUT2D eigenvalue weighted by Gasteiger charge is 2.20. The maximum atomic E-state index is 11.6. The van der Waals surface area contributed by atoms with Gasteiger partial charge in [-0.15, -0.1) is 0 Å². The quantitative estimate of drug-likeness (QED) is 0.755. The fourth-order valence-corrected chi connectivity index (χ4v) is 1.99. The summed E-state index contributed by atoms with van der Waals surface area (Å²) in [5, 5.41) is 0. The van der Waals surface area contributed by atoms with E-state index in [9.17, 15) is 4.79 Å². The van der Waals surface area contributed by atoms with Crippen LogP contribution in [0.2, 0.25) is 0 Å². The van der Waals surface area contributed by atoms with Gasteiger partial charge >= 0.3 is 0 Å². The van der Waals surface area contributed by atoms with E-state index in [1.807, 2.05) is 19.0 Å². The van der Waals surface area contributed by atoms with Crippen LogP contribution in [0.15, 0.2) is 18.2 Å². The van der Waals surface area contributed by atoms with Crippen molar-refractivity contribution in [1.29, 1.82) is 0 Å². The van der Waals surface area contributed by atoms with Gasteiger partial charge in [0, 0.05) is 0 Å². The molecule has 2 nitrogen and oxygen atoms in total.